The predicted molar refractivity (Wildman–Crippen MR) is 65.5 cm³/mol. The summed E-state index contributed by atoms with van der Waals surface area (Å²) in [5, 5.41) is 6.39. The summed E-state index contributed by atoms with van der Waals surface area (Å²) >= 11 is 5.73. The van der Waals surface area contributed by atoms with E-state index in [-0.39, 0.29) is 11.1 Å². The molecule has 1 aliphatic heterocycles. The molecule has 0 bridgehead atoms. The Kier molecular flexibility index (Phi) is 4.06. The van der Waals surface area contributed by atoms with Gasteiger partial charge in [0, 0.05) is 18.5 Å². The van der Waals surface area contributed by atoms with E-state index in [0.717, 1.165) is 19.3 Å². The third kappa shape index (κ3) is 2.64. The van der Waals surface area contributed by atoms with Gasteiger partial charge in [-0.1, -0.05) is 6.42 Å². The second-order valence-corrected chi connectivity index (χ2v) is 6.40. The standard InChI is InChI=1S/C10H16ClN3O2S/c11-6-4-9-3-1-2-8-14(9)17(15,16)10-5-7-12-13-10/h5,7,9H,1-4,6,8H2,(H,12,13). The number of alkyl halides is 1. The largest absolute Gasteiger partial charge is 0.266 e. The molecule has 0 aliphatic carbocycles. The second kappa shape index (κ2) is 5.37. The van der Waals surface area contributed by atoms with E-state index < -0.39 is 10.0 Å². The first-order chi connectivity index (χ1) is 8.16. The number of piperidine rings is 1. The molecule has 5 nitrogen and oxygen atoms in total. The van der Waals surface area contributed by atoms with E-state index in [1.54, 1.807) is 4.31 Å². The van der Waals surface area contributed by atoms with Crippen molar-refractivity contribution in [1.82, 2.24) is 14.5 Å². The number of hydrogen-bond donors (Lipinski definition) is 1. The lowest BCUT2D eigenvalue weighted by atomic mass is 10.0. The van der Waals surface area contributed by atoms with Crippen LogP contribution in [-0.4, -0.2) is 41.4 Å². The minimum atomic E-state index is -3.43. The van der Waals surface area contributed by atoms with Gasteiger partial charge in [0.25, 0.3) is 10.0 Å². The highest BCUT2D eigenvalue weighted by Gasteiger charge is 2.33. The highest BCUT2D eigenvalue weighted by atomic mass is 35.5. The van der Waals surface area contributed by atoms with E-state index >= 15 is 0 Å². The van der Waals surface area contributed by atoms with Gasteiger partial charge in [0.05, 0.1) is 6.20 Å². The monoisotopic (exact) mass is 277 g/mol. The highest BCUT2D eigenvalue weighted by Crippen LogP contribution is 2.26. The Bertz CT molecular complexity index is 444. The van der Waals surface area contributed by atoms with Crippen LogP contribution in [0, 0.1) is 0 Å². The molecular formula is C10H16ClN3O2S. The number of halogens is 1. The smallest absolute Gasteiger partial charge is 0.260 e. The number of sulfonamides is 1. The van der Waals surface area contributed by atoms with Gasteiger partial charge in [-0.2, -0.15) is 9.40 Å². The maximum absolute atomic E-state index is 12.3. The van der Waals surface area contributed by atoms with E-state index in [4.69, 9.17) is 11.6 Å². The molecule has 17 heavy (non-hydrogen) atoms. The molecule has 7 heteroatoms. The summed E-state index contributed by atoms with van der Waals surface area (Å²) in [7, 11) is -3.43. The van der Waals surface area contributed by atoms with Gasteiger partial charge in [-0.3, -0.25) is 5.10 Å². The first-order valence-electron chi connectivity index (χ1n) is 5.73. The van der Waals surface area contributed by atoms with Crippen molar-refractivity contribution >= 4 is 21.6 Å². The summed E-state index contributed by atoms with van der Waals surface area (Å²) in [6.07, 6.45) is 5.02. The van der Waals surface area contributed by atoms with E-state index in [9.17, 15) is 8.42 Å². The molecule has 2 heterocycles. The van der Waals surface area contributed by atoms with Crippen LogP contribution in [0.4, 0.5) is 0 Å². The fraction of sp³-hybridized carbons (Fsp3) is 0.700. The van der Waals surface area contributed by atoms with Crippen LogP contribution in [-0.2, 0) is 10.0 Å². The third-order valence-corrected chi connectivity index (χ3v) is 5.18. The zero-order valence-corrected chi connectivity index (χ0v) is 11.0. The minimum Gasteiger partial charge on any atom is -0.266 e. The molecule has 0 spiro atoms. The van der Waals surface area contributed by atoms with Crippen molar-refractivity contribution in [3.8, 4) is 0 Å². The Morgan fingerprint density at radius 3 is 3.00 bits per heavy atom. The number of hydrogen-bond acceptors (Lipinski definition) is 3. The minimum absolute atomic E-state index is 0.0227. The Balaban J connectivity index is 2.24. The number of rotatable bonds is 4. The summed E-state index contributed by atoms with van der Waals surface area (Å²) < 4.78 is 26.3. The molecule has 1 unspecified atom stereocenters. The van der Waals surface area contributed by atoms with Crippen LogP contribution in [0.3, 0.4) is 0 Å². The van der Waals surface area contributed by atoms with Crippen LogP contribution < -0.4 is 0 Å². The molecule has 0 radical (unpaired) electrons. The topological polar surface area (TPSA) is 66.1 Å². The zero-order chi connectivity index (χ0) is 12.3. The van der Waals surface area contributed by atoms with Gasteiger partial charge < -0.3 is 0 Å². The summed E-state index contributed by atoms with van der Waals surface area (Å²) in [6.45, 7) is 0.572. The van der Waals surface area contributed by atoms with Crippen LogP contribution in [0.5, 0.6) is 0 Å². The van der Waals surface area contributed by atoms with E-state index in [0.29, 0.717) is 18.8 Å². The van der Waals surface area contributed by atoms with Crippen molar-refractivity contribution in [3.05, 3.63) is 12.3 Å². The lowest BCUT2D eigenvalue weighted by Gasteiger charge is -2.33. The molecule has 1 aliphatic rings. The molecular weight excluding hydrogens is 262 g/mol. The lowest BCUT2D eigenvalue weighted by molar-refractivity contribution is 0.247. The summed E-state index contributed by atoms with van der Waals surface area (Å²) in [6, 6.07) is 1.51. The maximum Gasteiger partial charge on any atom is 0.260 e. The Morgan fingerprint density at radius 2 is 2.35 bits per heavy atom. The normalized spacial score (nSPS) is 22.8. The van der Waals surface area contributed by atoms with Gasteiger partial charge in [-0.05, 0) is 25.3 Å². The van der Waals surface area contributed by atoms with E-state index in [1.165, 1.54) is 12.3 Å². The quantitative estimate of drug-likeness (QED) is 0.850. The van der Waals surface area contributed by atoms with Crippen molar-refractivity contribution in [2.75, 3.05) is 12.4 Å². The predicted octanol–water partition coefficient (Wildman–Crippen LogP) is 1.58. The Hall–Kier alpha value is -0.590. The van der Waals surface area contributed by atoms with Crippen molar-refractivity contribution in [2.45, 2.75) is 36.8 Å². The Morgan fingerprint density at radius 1 is 1.53 bits per heavy atom. The zero-order valence-electron chi connectivity index (χ0n) is 9.47. The van der Waals surface area contributed by atoms with Gasteiger partial charge in [0.2, 0.25) is 0 Å². The average molecular weight is 278 g/mol. The van der Waals surface area contributed by atoms with Crippen LogP contribution >= 0.6 is 11.6 Å². The molecule has 1 saturated heterocycles. The molecule has 0 amide bonds. The van der Waals surface area contributed by atoms with Crippen molar-refractivity contribution in [2.24, 2.45) is 0 Å². The van der Waals surface area contributed by atoms with Gasteiger partial charge in [0.15, 0.2) is 5.03 Å². The summed E-state index contributed by atoms with van der Waals surface area (Å²) in [5.41, 5.74) is 0. The van der Waals surface area contributed by atoms with Crippen molar-refractivity contribution in [1.29, 1.82) is 0 Å². The van der Waals surface area contributed by atoms with Gasteiger partial charge in [-0.15, -0.1) is 11.6 Å². The first kappa shape index (κ1) is 12.9. The molecule has 1 fully saturated rings. The number of nitrogens with one attached hydrogen (secondary N) is 1. The fourth-order valence-corrected chi connectivity index (χ4v) is 4.10. The van der Waals surface area contributed by atoms with Gasteiger partial charge >= 0.3 is 0 Å². The van der Waals surface area contributed by atoms with Crippen molar-refractivity contribution < 1.29 is 8.42 Å². The van der Waals surface area contributed by atoms with E-state index in [1.807, 2.05) is 0 Å². The van der Waals surface area contributed by atoms with E-state index in [2.05, 4.69) is 10.2 Å². The molecule has 0 aromatic carbocycles. The number of aromatic nitrogens is 2. The third-order valence-electron chi connectivity index (χ3n) is 3.08. The van der Waals surface area contributed by atoms with Crippen molar-refractivity contribution in [3.63, 3.8) is 0 Å². The second-order valence-electron chi connectivity index (χ2n) is 4.16. The lowest BCUT2D eigenvalue weighted by Crippen LogP contribution is -2.43. The molecule has 1 N–H and O–H groups in total. The number of nitrogens with zero attached hydrogens (tertiary/aromatic N) is 2. The Labute approximate surface area is 106 Å². The number of aromatic amines is 1. The van der Waals surface area contributed by atoms with Crippen LogP contribution in [0.2, 0.25) is 0 Å². The molecule has 1 aromatic rings. The van der Waals surface area contributed by atoms with Gasteiger partial charge in [-0.25, -0.2) is 8.42 Å². The van der Waals surface area contributed by atoms with Crippen LogP contribution in [0.15, 0.2) is 17.3 Å². The molecule has 0 saturated carbocycles. The average Bonchev–Trinajstić information content (AvgIpc) is 2.84. The first-order valence-corrected chi connectivity index (χ1v) is 7.71. The van der Waals surface area contributed by atoms with Crippen LogP contribution in [0.25, 0.3) is 0 Å². The molecule has 96 valence electrons. The SMILES string of the molecule is O=S(=O)(c1ccn[nH]1)N1CCCCC1CCCl. The molecule has 1 atom stereocenters. The molecule has 1 aromatic heterocycles. The maximum atomic E-state index is 12.3. The molecule has 2 rings (SSSR count). The highest BCUT2D eigenvalue weighted by molar-refractivity contribution is 7.89. The number of H-pyrrole nitrogens is 1. The summed E-state index contributed by atoms with van der Waals surface area (Å²) in [4.78, 5) is 0. The summed E-state index contributed by atoms with van der Waals surface area (Å²) in [5.74, 6) is 0.486. The van der Waals surface area contributed by atoms with Crippen LogP contribution in [0.1, 0.15) is 25.7 Å². The fourth-order valence-electron chi connectivity index (χ4n) is 2.22. The van der Waals surface area contributed by atoms with Gasteiger partial charge in [0.1, 0.15) is 0 Å².